The predicted molar refractivity (Wildman–Crippen MR) is 197 cm³/mol. The lowest BCUT2D eigenvalue weighted by atomic mass is 10.0. The van der Waals surface area contributed by atoms with Crippen LogP contribution in [0.5, 0.6) is 0 Å². The van der Waals surface area contributed by atoms with Crippen LogP contribution < -0.4 is 0 Å². The van der Waals surface area contributed by atoms with Crippen LogP contribution in [0.1, 0.15) is 43.9 Å². The molecule has 50 heavy (non-hydrogen) atoms. The Balaban J connectivity index is 1.35. The highest BCUT2D eigenvalue weighted by Crippen LogP contribution is 2.43. The first-order valence-corrected chi connectivity index (χ1v) is 18.4. The molecule has 0 saturated heterocycles. The highest BCUT2D eigenvalue weighted by Gasteiger charge is 2.26. The largest absolute Gasteiger partial charge is 0.444 e. The Morgan fingerprint density at radius 1 is 0.900 bits per heavy atom. The first-order chi connectivity index (χ1) is 23.9. The van der Waals surface area contributed by atoms with Crippen LogP contribution in [0.4, 0.5) is 9.18 Å². The molecule has 1 amide bonds. The number of carbonyl (C=O) groups is 1. The van der Waals surface area contributed by atoms with Crippen molar-refractivity contribution in [3.8, 4) is 11.3 Å². The molecule has 0 aliphatic rings. The minimum Gasteiger partial charge on any atom is -0.444 e. The molecule has 0 bridgehead atoms. The van der Waals surface area contributed by atoms with E-state index in [-0.39, 0.29) is 17.9 Å². The van der Waals surface area contributed by atoms with Crippen LogP contribution in [0.2, 0.25) is 5.02 Å². The average molecular weight is 715 g/mol. The van der Waals surface area contributed by atoms with Crippen molar-refractivity contribution in [2.75, 3.05) is 19.8 Å². The number of fused-ring (bicyclic) bond motifs is 3. The quantitative estimate of drug-likeness (QED) is 0.134. The third kappa shape index (κ3) is 7.13. The van der Waals surface area contributed by atoms with E-state index in [9.17, 15) is 17.6 Å². The van der Waals surface area contributed by atoms with E-state index in [4.69, 9.17) is 16.3 Å². The minimum absolute atomic E-state index is 0.148. The molecule has 0 spiro atoms. The Bertz CT molecular complexity index is 2260. The molecule has 6 aromatic rings. The van der Waals surface area contributed by atoms with Crippen LogP contribution in [0, 0.1) is 6.92 Å². The third-order valence-electron chi connectivity index (χ3n) is 8.60. The van der Waals surface area contributed by atoms with Gasteiger partial charge in [0.1, 0.15) is 5.60 Å². The van der Waals surface area contributed by atoms with E-state index >= 15 is 0 Å². The van der Waals surface area contributed by atoms with Crippen molar-refractivity contribution in [1.82, 2.24) is 18.7 Å². The fraction of sp³-hybridized carbons (Fsp3) is 0.282. The van der Waals surface area contributed by atoms with Crippen LogP contribution >= 0.6 is 11.6 Å². The molecule has 0 unspecified atom stereocenters. The summed E-state index contributed by atoms with van der Waals surface area (Å²) in [5.41, 5.74) is 5.56. The summed E-state index contributed by atoms with van der Waals surface area (Å²) in [6.45, 7) is 8.17. The Morgan fingerprint density at radius 3 is 2.24 bits per heavy atom. The van der Waals surface area contributed by atoms with E-state index in [2.05, 4.69) is 21.8 Å². The van der Waals surface area contributed by atoms with Gasteiger partial charge in [0.05, 0.1) is 39.5 Å². The fourth-order valence-electron chi connectivity index (χ4n) is 6.16. The standard InChI is InChI=1S/C39H40ClFN4O4S/c1-27-11-8-9-14-31(27)37-36(40)35-32-25-42-45(50(47,48)30-12-6-5-7-13-30)33(32)19-20-34(35)44(37)26-29-17-15-28(16-18-29)21-24-43(23-10-22-41)38(46)49-39(2,3)4/h5-9,11-20,25H,10,21-24,26H2,1-4H3. The van der Waals surface area contributed by atoms with Gasteiger partial charge in [-0.1, -0.05) is 78.3 Å². The normalized spacial score (nSPS) is 12.1. The summed E-state index contributed by atoms with van der Waals surface area (Å²) in [5.74, 6) is 0. The van der Waals surface area contributed by atoms with Crippen molar-refractivity contribution >= 4 is 49.5 Å². The zero-order chi connectivity index (χ0) is 35.6. The molecule has 8 nitrogen and oxygen atoms in total. The average Bonchev–Trinajstić information content (AvgIpc) is 3.64. The number of rotatable bonds is 11. The molecule has 0 saturated carbocycles. The zero-order valence-electron chi connectivity index (χ0n) is 28.6. The maximum Gasteiger partial charge on any atom is 0.410 e. The van der Waals surface area contributed by atoms with E-state index in [0.29, 0.717) is 35.4 Å². The molecule has 2 aromatic heterocycles. The highest BCUT2D eigenvalue weighted by atomic mass is 35.5. The second-order valence-electron chi connectivity index (χ2n) is 13.3. The number of amides is 1. The molecular formula is C39H40ClFN4O4S. The van der Waals surface area contributed by atoms with E-state index < -0.39 is 28.4 Å². The van der Waals surface area contributed by atoms with Gasteiger partial charge < -0.3 is 14.2 Å². The number of hydrogen-bond donors (Lipinski definition) is 0. The summed E-state index contributed by atoms with van der Waals surface area (Å²) in [7, 11) is -3.94. The van der Waals surface area contributed by atoms with E-state index in [1.54, 1.807) is 47.5 Å². The van der Waals surface area contributed by atoms with Gasteiger partial charge in [-0.2, -0.15) is 17.6 Å². The molecule has 0 N–H and O–H groups in total. The highest BCUT2D eigenvalue weighted by molar-refractivity contribution is 7.90. The van der Waals surface area contributed by atoms with Crippen LogP contribution in [0.25, 0.3) is 33.1 Å². The van der Waals surface area contributed by atoms with Crippen LogP contribution in [0.15, 0.2) is 102 Å². The van der Waals surface area contributed by atoms with Gasteiger partial charge in [0.25, 0.3) is 10.0 Å². The van der Waals surface area contributed by atoms with E-state index in [1.807, 2.05) is 70.2 Å². The monoisotopic (exact) mass is 714 g/mol. The van der Waals surface area contributed by atoms with Crippen molar-refractivity contribution in [3.63, 3.8) is 0 Å². The number of nitrogens with zero attached hydrogens (tertiary/aromatic N) is 4. The number of aryl methyl sites for hydroxylation is 1. The van der Waals surface area contributed by atoms with Gasteiger partial charge in [-0.15, -0.1) is 0 Å². The SMILES string of the molecule is Cc1ccccc1-c1c(Cl)c2c3cnn(S(=O)(=O)c4ccccc4)c3ccc2n1Cc1ccc(CCN(CCCF)C(=O)OC(C)(C)C)cc1. The number of carbonyl (C=O) groups excluding carboxylic acids is 1. The molecule has 2 heterocycles. The lowest BCUT2D eigenvalue weighted by molar-refractivity contribution is 0.0247. The number of alkyl halides is 1. The zero-order valence-corrected chi connectivity index (χ0v) is 30.1. The minimum atomic E-state index is -3.94. The lowest BCUT2D eigenvalue weighted by Crippen LogP contribution is -2.38. The van der Waals surface area contributed by atoms with E-state index in [1.165, 1.54) is 0 Å². The van der Waals surface area contributed by atoms with Gasteiger partial charge in [-0.3, -0.25) is 4.39 Å². The number of aromatic nitrogens is 3. The second kappa shape index (κ2) is 14.3. The maximum absolute atomic E-state index is 13.6. The Hall–Kier alpha value is -4.67. The summed E-state index contributed by atoms with van der Waals surface area (Å²) in [6, 6.07) is 28.1. The molecular weight excluding hydrogens is 675 g/mol. The maximum atomic E-state index is 13.6. The smallest absolute Gasteiger partial charge is 0.410 e. The number of hydrogen-bond acceptors (Lipinski definition) is 5. The molecule has 11 heteroatoms. The molecule has 0 fully saturated rings. The lowest BCUT2D eigenvalue weighted by Gasteiger charge is -2.27. The van der Waals surface area contributed by atoms with Gasteiger partial charge >= 0.3 is 6.09 Å². The summed E-state index contributed by atoms with van der Waals surface area (Å²) >= 11 is 7.28. The predicted octanol–water partition coefficient (Wildman–Crippen LogP) is 9.04. The fourth-order valence-corrected chi connectivity index (χ4v) is 7.85. The number of halogens is 2. The van der Waals surface area contributed by atoms with Crippen molar-refractivity contribution in [1.29, 1.82) is 0 Å². The summed E-state index contributed by atoms with van der Waals surface area (Å²) < 4.78 is 48.9. The third-order valence-corrected chi connectivity index (χ3v) is 10.6. The Morgan fingerprint density at radius 2 is 1.56 bits per heavy atom. The van der Waals surface area contributed by atoms with Crippen LogP contribution in [0.3, 0.4) is 0 Å². The summed E-state index contributed by atoms with van der Waals surface area (Å²) in [6.07, 6.45) is 1.97. The van der Waals surface area contributed by atoms with E-state index in [0.717, 1.165) is 42.9 Å². The molecule has 6 rings (SSSR count). The first kappa shape index (κ1) is 35.2. The van der Waals surface area contributed by atoms with Gasteiger partial charge in [-0.05, 0) is 81.5 Å². The van der Waals surface area contributed by atoms with Crippen molar-refractivity contribution in [2.45, 2.75) is 57.6 Å². The summed E-state index contributed by atoms with van der Waals surface area (Å²) in [4.78, 5) is 14.5. The first-order valence-electron chi connectivity index (χ1n) is 16.6. The van der Waals surface area contributed by atoms with Gasteiger partial charge in [0, 0.05) is 36.0 Å². The molecule has 0 atom stereocenters. The number of ether oxygens (including phenoxy) is 1. The van der Waals surface area contributed by atoms with Gasteiger partial charge in [0.15, 0.2) is 0 Å². The molecule has 4 aromatic carbocycles. The van der Waals surface area contributed by atoms with Crippen molar-refractivity contribution < 1.29 is 22.3 Å². The molecule has 0 radical (unpaired) electrons. The van der Waals surface area contributed by atoms with Gasteiger partial charge in [-0.25, -0.2) is 4.79 Å². The molecule has 260 valence electrons. The summed E-state index contributed by atoms with van der Waals surface area (Å²) in [5, 5.41) is 6.22. The molecule has 0 aliphatic heterocycles. The topological polar surface area (TPSA) is 86.4 Å². The van der Waals surface area contributed by atoms with Crippen molar-refractivity contribution in [3.05, 3.63) is 119 Å². The number of benzene rings is 4. The van der Waals surface area contributed by atoms with Crippen LogP contribution in [-0.4, -0.2) is 58.5 Å². The Labute approximate surface area is 297 Å². The second-order valence-corrected chi connectivity index (χ2v) is 15.5. The van der Waals surface area contributed by atoms with Crippen molar-refractivity contribution in [2.24, 2.45) is 0 Å². The van der Waals surface area contributed by atoms with Gasteiger partial charge in [0.2, 0.25) is 0 Å². The Kier molecular flexibility index (Phi) is 10.0. The molecule has 0 aliphatic carbocycles. The van der Waals surface area contributed by atoms with Crippen LogP contribution in [-0.2, 0) is 27.7 Å².